The Labute approximate surface area is 169 Å². The van der Waals surface area contributed by atoms with Crippen molar-refractivity contribution in [1.29, 1.82) is 0 Å². The highest BCUT2D eigenvalue weighted by Gasteiger charge is 2.25. The molecule has 2 aliphatic rings. The van der Waals surface area contributed by atoms with Gasteiger partial charge in [-0.2, -0.15) is 0 Å². The van der Waals surface area contributed by atoms with Gasteiger partial charge in [-0.1, -0.05) is 12.1 Å². The molecule has 1 aromatic heterocycles. The number of benzene rings is 2. The number of ketones is 2. The normalized spacial score (nSPS) is 19.3. The molecule has 2 aromatic carbocycles. The molecule has 0 N–H and O–H groups in total. The van der Waals surface area contributed by atoms with Gasteiger partial charge in [0.25, 0.3) is 0 Å². The van der Waals surface area contributed by atoms with Gasteiger partial charge in [-0.15, -0.1) is 0 Å². The number of carbonyl (C=O) groups is 2. The van der Waals surface area contributed by atoms with E-state index in [9.17, 15) is 9.59 Å². The van der Waals surface area contributed by atoms with E-state index in [1.54, 1.807) is 6.26 Å². The standard InChI is InChI=1S/C24H23NO4/c26-22(4-8-25-7-3-18(14-25)19-5-9-28-15-19)17-2-1-16-12-21-23(27)6-10-29-24(21)13-20(16)11-17/h1-2,5,9,11-13,15,18H,3-4,6-8,10,14H2. The van der Waals surface area contributed by atoms with Gasteiger partial charge >= 0.3 is 0 Å². The van der Waals surface area contributed by atoms with Crippen LogP contribution in [0.15, 0.2) is 53.3 Å². The van der Waals surface area contributed by atoms with Crippen LogP contribution >= 0.6 is 0 Å². The molecule has 3 aromatic rings. The number of fused-ring (bicyclic) bond motifs is 2. The third-order valence-electron chi connectivity index (χ3n) is 6.09. The maximum atomic E-state index is 12.8. The fraction of sp³-hybridized carbons (Fsp3) is 0.333. The summed E-state index contributed by atoms with van der Waals surface area (Å²) in [6, 6.07) is 11.5. The number of furan rings is 1. The summed E-state index contributed by atoms with van der Waals surface area (Å²) in [5.74, 6) is 1.39. The van der Waals surface area contributed by atoms with Crippen LogP contribution in [-0.2, 0) is 0 Å². The number of carbonyl (C=O) groups excluding carboxylic acids is 2. The maximum absolute atomic E-state index is 12.8. The Hall–Kier alpha value is -2.92. The summed E-state index contributed by atoms with van der Waals surface area (Å²) in [5, 5.41) is 1.90. The van der Waals surface area contributed by atoms with Crippen LogP contribution in [0, 0.1) is 0 Å². The zero-order valence-corrected chi connectivity index (χ0v) is 16.2. The minimum atomic E-state index is 0.118. The summed E-state index contributed by atoms with van der Waals surface area (Å²) >= 11 is 0. The molecule has 3 heterocycles. The summed E-state index contributed by atoms with van der Waals surface area (Å²) in [5.41, 5.74) is 2.60. The lowest BCUT2D eigenvalue weighted by Crippen LogP contribution is -2.23. The van der Waals surface area contributed by atoms with Crippen molar-refractivity contribution in [3.8, 4) is 5.75 Å². The van der Waals surface area contributed by atoms with Crippen LogP contribution < -0.4 is 4.74 Å². The van der Waals surface area contributed by atoms with Crippen LogP contribution in [-0.4, -0.2) is 42.7 Å². The number of nitrogens with zero attached hydrogens (tertiary/aromatic N) is 1. The molecule has 0 spiro atoms. The SMILES string of the molecule is O=C(CCN1CCC(c2ccoc2)C1)c1ccc2cc3c(cc2c1)OCCC3=O. The Balaban J connectivity index is 1.26. The number of hydrogen-bond donors (Lipinski definition) is 0. The van der Waals surface area contributed by atoms with E-state index in [1.807, 2.05) is 42.7 Å². The molecular formula is C24H23NO4. The minimum Gasteiger partial charge on any atom is -0.492 e. The molecular weight excluding hydrogens is 366 g/mol. The van der Waals surface area contributed by atoms with Crippen molar-refractivity contribution in [3.63, 3.8) is 0 Å². The summed E-state index contributed by atoms with van der Waals surface area (Å²) in [7, 11) is 0. The fourth-order valence-electron chi connectivity index (χ4n) is 4.40. The molecule has 0 amide bonds. The number of likely N-dealkylation sites (tertiary alicyclic amines) is 1. The lowest BCUT2D eigenvalue weighted by Gasteiger charge is -2.17. The van der Waals surface area contributed by atoms with Crippen LogP contribution in [0.4, 0.5) is 0 Å². The summed E-state index contributed by atoms with van der Waals surface area (Å²) in [6.45, 7) is 3.18. The fourth-order valence-corrected chi connectivity index (χ4v) is 4.40. The highest BCUT2D eigenvalue weighted by atomic mass is 16.5. The largest absolute Gasteiger partial charge is 0.492 e. The Bertz CT molecular complexity index is 1070. The molecule has 0 radical (unpaired) electrons. The molecule has 2 aliphatic heterocycles. The Morgan fingerprint density at radius 3 is 2.93 bits per heavy atom. The third-order valence-corrected chi connectivity index (χ3v) is 6.09. The molecule has 5 nitrogen and oxygen atoms in total. The molecule has 0 aliphatic carbocycles. The van der Waals surface area contributed by atoms with Crippen LogP contribution in [0.25, 0.3) is 10.8 Å². The van der Waals surface area contributed by atoms with E-state index >= 15 is 0 Å². The van der Waals surface area contributed by atoms with E-state index < -0.39 is 0 Å². The van der Waals surface area contributed by atoms with E-state index in [0.29, 0.717) is 42.2 Å². The van der Waals surface area contributed by atoms with Gasteiger partial charge in [0.1, 0.15) is 5.75 Å². The molecule has 5 rings (SSSR count). The van der Waals surface area contributed by atoms with Crippen molar-refractivity contribution < 1.29 is 18.7 Å². The second-order valence-electron chi connectivity index (χ2n) is 7.95. The van der Waals surface area contributed by atoms with Gasteiger partial charge in [-0.25, -0.2) is 0 Å². The molecule has 1 unspecified atom stereocenters. The Kier molecular flexibility index (Phi) is 4.68. The van der Waals surface area contributed by atoms with Gasteiger partial charge in [0.2, 0.25) is 0 Å². The first kappa shape index (κ1) is 18.1. The van der Waals surface area contributed by atoms with Crippen molar-refractivity contribution in [2.75, 3.05) is 26.2 Å². The Morgan fingerprint density at radius 2 is 2.07 bits per heavy atom. The highest BCUT2D eigenvalue weighted by molar-refractivity contribution is 6.05. The molecule has 29 heavy (non-hydrogen) atoms. The van der Waals surface area contributed by atoms with Gasteiger partial charge in [0.05, 0.1) is 24.7 Å². The van der Waals surface area contributed by atoms with Crippen LogP contribution in [0.5, 0.6) is 5.75 Å². The van der Waals surface area contributed by atoms with E-state index in [1.165, 1.54) is 5.56 Å². The number of rotatable bonds is 5. The quantitative estimate of drug-likeness (QED) is 0.603. The monoisotopic (exact) mass is 389 g/mol. The summed E-state index contributed by atoms with van der Waals surface area (Å²) < 4.78 is 10.8. The van der Waals surface area contributed by atoms with Crippen LogP contribution in [0.3, 0.4) is 0 Å². The lowest BCUT2D eigenvalue weighted by molar-refractivity contribution is 0.0931. The Morgan fingerprint density at radius 1 is 1.14 bits per heavy atom. The van der Waals surface area contributed by atoms with E-state index in [2.05, 4.69) is 4.90 Å². The van der Waals surface area contributed by atoms with Crippen molar-refractivity contribution in [3.05, 3.63) is 65.6 Å². The van der Waals surface area contributed by atoms with Crippen molar-refractivity contribution in [2.45, 2.75) is 25.2 Å². The average Bonchev–Trinajstić information content (AvgIpc) is 3.42. The third kappa shape index (κ3) is 3.58. The minimum absolute atomic E-state index is 0.118. The number of ether oxygens (including phenoxy) is 1. The van der Waals surface area contributed by atoms with Gasteiger partial charge in [-0.3, -0.25) is 9.59 Å². The van der Waals surface area contributed by atoms with Gasteiger partial charge in [0, 0.05) is 37.4 Å². The second-order valence-corrected chi connectivity index (χ2v) is 7.95. The average molecular weight is 389 g/mol. The molecule has 0 saturated carbocycles. The van der Waals surface area contributed by atoms with E-state index in [4.69, 9.17) is 9.15 Å². The molecule has 1 atom stereocenters. The van der Waals surface area contributed by atoms with Crippen molar-refractivity contribution in [1.82, 2.24) is 4.90 Å². The van der Waals surface area contributed by atoms with Crippen molar-refractivity contribution in [2.24, 2.45) is 0 Å². The summed E-state index contributed by atoms with van der Waals surface area (Å²) in [4.78, 5) is 27.2. The molecule has 5 heteroatoms. The number of hydrogen-bond acceptors (Lipinski definition) is 5. The first-order valence-electron chi connectivity index (χ1n) is 10.2. The van der Waals surface area contributed by atoms with Gasteiger partial charge in [-0.05, 0) is 53.6 Å². The smallest absolute Gasteiger partial charge is 0.170 e. The molecule has 1 saturated heterocycles. The second kappa shape index (κ2) is 7.48. The van der Waals surface area contributed by atoms with E-state index in [0.717, 1.165) is 36.8 Å². The van der Waals surface area contributed by atoms with E-state index in [-0.39, 0.29) is 11.6 Å². The predicted octanol–water partition coefficient (Wildman–Crippen LogP) is 4.46. The highest BCUT2D eigenvalue weighted by Crippen LogP contribution is 2.31. The zero-order valence-electron chi connectivity index (χ0n) is 16.2. The molecule has 148 valence electrons. The van der Waals surface area contributed by atoms with Crippen LogP contribution in [0.1, 0.15) is 51.5 Å². The molecule has 1 fully saturated rings. The summed E-state index contributed by atoms with van der Waals surface area (Å²) in [6.07, 6.45) is 5.58. The van der Waals surface area contributed by atoms with Crippen molar-refractivity contribution >= 4 is 22.3 Å². The predicted molar refractivity (Wildman–Crippen MR) is 110 cm³/mol. The zero-order chi connectivity index (χ0) is 19.8. The first-order valence-corrected chi connectivity index (χ1v) is 10.2. The van der Waals surface area contributed by atoms with Gasteiger partial charge in [0.15, 0.2) is 11.6 Å². The topological polar surface area (TPSA) is 59.8 Å². The van der Waals surface area contributed by atoms with Gasteiger partial charge < -0.3 is 14.1 Å². The molecule has 0 bridgehead atoms. The first-order chi connectivity index (χ1) is 14.2. The van der Waals surface area contributed by atoms with Crippen LogP contribution in [0.2, 0.25) is 0 Å². The number of Topliss-reactive ketones (excluding diaryl/α,β-unsaturated/α-hetero) is 2. The lowest BCUT2D eigenvalue weighted by atomic mass is 9.97. The maximum Gasteiger partial charge on any atom is 0.170 e.